The molecule has 0 saturated carbocycles. The van der Waals surface area contributed by atoms with Crippen molar-refractivity contribution >= 4 is 11.4 Å². The Balaban J connectivity index is 2.58. The van der Waals surface area contributed by atoms with Crippen LogP contribution < -0.4 is 5.32 Å². The highest BCUT2D eigenvalue weighted by Crippen LogP contribution is 2.22. The summed E-state index contributed by atoms with van der Waals surface area (Å²) in [5, 5.41) is 41.0. The molecule has 0 amide bonds. The molecule has 0 spiro atoms. The maximum absolute atomic E-state index is 10.8. The average Bonchev–Trinajstić information content (AvgIpc) is 2.37. The van der Waals surface area contributed by atoms with Gasteiger partial charge in [0.05, 0.1) is 23.7 Å². The number of nitrogens with one attached hydrogen (secondary N) is 1. The largest absolute Gasteiger partial charge is 0.394 e. The van der Waals surface area contributed by atoms with E-state index in [2.05, 4.69) is 5.32 Å². The molecule has 1 rings (SSSR count). The first-order valence-corrected chi connectivity index (χ1v) is 5.90. The van der Waals surface area contributed by atoms with Crippen LogP contribution in [0.5, 0.6) is 0 Å². The average molecular weight is 270 g/mol. The maximum atomic E-state index is 10.8. The summed E-state index contributed by atoms with van der Waals surface area (Å²) in [5.74, 6) is 0. The number of nitro benzene ring substituents is 1. The summed E-state index contributed by atoms with van der Waals surface area (Å²) in [6, 6.07) is 4.69. The van der Waals surface area contributed by atoms with E-state index in [9.17, 15) is 15.2 Å². The zero-order chi connectivity index (χ0) is 14.4. The van der Waals surface area contributed by atoms with E-state index >= 15 is 0 Å². The van der Waals surface area contributed by atoms with Crippen LogP contribution in [0.15, 0.2) is 18.2 Å². The van der Waals surface area contributed by atoms with Crippen LogP contribution in [0.3, 0.4) is 0 Å². The topological polar surface area (TPSA) is 116 Å². The third-order valence-corrected chi connectivity index (χ3v) is 2.70. The number of aliphatic hydroxyl groups excluding tert-OH is 3. The predicted octanol–water partition coefficient (Wildman–Crippen LogP) is 0.419. The number of hydrogen-bond donors (Lipinski definition) is 4. The van der Waals surface area contributed by atoms with E-state index in [4.69, 9.17) is 10.2 Å². The Morgan fingerprint density at radius 1 is 1.37 bits per heavy atom. The zero-order valence-electron chi connectivity index (χ0n) is 10.6. The molecule has 2 atom stereocenters. The second-order valence-corrected chi connectivity index (χ2v) is 4.37. The van der Waals surface area contributed by atoms with Gasteiger partial charge in [0.25, 0.3) is 5.69 Å². The third-order valence-electron chi connectivity index (χ3n) is 2.70. The third kappa shape index (κ3) is 4.82. The monoisotopic (exact) mass is 270 g/mol. The smallest absolute Gasteiger partial charge is 0.274 e. The lowest BCUT2D eigenvalue weighted by Crippen LogP contribution is -2.26. The first kappa shape index (κ1) is 15.4. The van der Waals surface area contributed by atoms with E-state index in [1.54, 1.807) is 19.1 Å². The predicted molar refractivity (Wildman–Crippen MR) is 70.0 cm³/mol. The number of aryl methyl sites for hydroxylation is 1. The van der Waals surface area contributed by atoms with Gasteiger partial charge in [0, 0.05) is 30.3 Å². The fraction of sp³-hybridized carbons (Fsp3) is 0.500. The Morgan fingerprint density at radius 3 is 2.63 bits per heavy atom. The van der Waals surface area contributed by atoms with Crippen molar-refractivity contribution in [3.05, 3.63) is 33.9 Å². The van der Waals surface area contributed by atoms with Crippen LogP contribution in [-0.4, -0.2) is 45.6 Å². The minimum absolute atomic E-state index is 0.00915. The van der Waals surface area contributed by atoms with Crippen LogP contribution in [0.1, 0.15) is 12.0 Å². The van der Waals surface area contributed by atoms with Crippen LogP contribution in [-0.2, 0) is 0 Å². The molecule has 0 saturated heterocycles. The fourth-order valence-corrected chi connectivity index (χ4v) is 1.62. The molecule has 0 heterocycles. The lowest BCUT2D eigenvalue weighted by Gasteiger charge is -2.15. The Labute approximate surface area is 110 Å². The normalized spacial score (nSPS) is 13.9. The molecule has 1 aromatic carbocycles. The molecule has 19 heavy (non-hydrogen) atoms. The van der Waals surface area contributed by atoms with Crippen LogP contribution in [0.25, 0.3) is 0 Å². The molecule has 0 aromatic heterocycles. The van der Waals surface area contributed by atoms with Gasteiger partial charge in [-0.1, -0.05) is 6.07 Å². The highest BCUT2D eigenvalue weighted by atomic mass is 16.6. The summed E-state index contributed by atoms with van der Waals surface area (Å²) in [5.41, 5.74) is 1.09. The molecule has 0 aliphatic rings. The molecular formula is C12H18N2O5. The molecule has 4 N–H and O–H groups in total. The van der Waals surface area contributed by atoms with Gasteiger partial charge in [-0.3, -0.25) is 10.1 Å². The molecule has 0 bridgehead atoms. The molecule has 0 aliphatic heterocycles. The summed E-state index contributed by atoms with van der Waals surface area (Å²) in [6.45, 7) is 1.37. The minimum atomic E-state index is -0.968. The highest BCUT2D eigenvalue weighted by molar-refractivity contribution is 5.54. The fourth-order valence-electron chi connectivity index (χ4n) is 1.62. The van der Waals surface area contributed by atoms with E-state index in [-0.39, 0.29) is 18.7 Å². The Hall–Kier alpha value is -1.70. The van der Waals surface area contributed by atoms with E-state index in [1.807, 2.05) is 0 Å². The van der Waals surface area contributed by atoms with Gasteiger partial charge in [-0.15, -0.1) is 0 Å². The van der Waals surface area contributed by atoms with Crippen molar-refractivity contribution in [3.63, 3.8) is 0 Å². The summed E-state index contributed by atoms with van der Waals surface area (Å²) in [7, 11) is 0. The lowest BCUT2D eigenvalue weighted by atomic mass is 10.1. The van der Waals surface area contributed by atoms with Crippen molar-refractivity contribution in [2.24, 2.45) is 0 Å². The van der Waals surface area contributed by atoms with Gasteiger partial charge in [0.15, 0.2) is 0 Å². The first-order chi connectivity index (χ1) is 8.93. The second kappa shape index (κ2) is 7.03. The van der Waals surface area contributed by atoms with Gasteiger partial charge in [0.2, 0.25) is 0 Å². The number of nitrogens with zero attached hydrogens (tertiary/aromatic N) is 1. The second-order valence-electron chi connectivity index (χ2n) is 4.37. The van der Waals surface area contributed by atoms with Crippen LogP contribution in [0.2, 0.25) is 0 Å². The van der Waals surface area contributed by atoms with Crippen molar-refractivity contribution in [3.8, 4) is 0 Å². The van der Waals surface area contributed by atoms with Gasteiger partial charge in [0.1, 0.15) is 0 Å². The lowest BCUT2D eigenvalue weighted by molar-refractivity contribution is -0.385. The van der Waals surface area contributed by atoms with E-state index in [1.165, 1.54) is 6.07 Å². The molecule has 7 nitrogen and oxygen atoms in total. The number of aliphatic hydroxyl groups is 3. The van der Waals surface area contributed by atoms with Crippen LogP contribution in [0.4, 0.5) is 11.4 Å². The highest BCUT2D eigenvalue weighted by Gasteiger charge is 2.13. The molecule has 0 fully saturated rings. The summed E-state index contributed by atoms with van der Waals surface area (Å²) >= 11 is 0. The number of benzene rings is 1. The Morgan fingerprint density at radius 2 is 2.05 bits per heavy atom. The van der Waals surface area contributed by atoms with Gasteiger partial charge >= 0.3 is 0 Å². The molecule has 0 radical (unpaired) electrons. The molecule has 0 aliphatic carbocycles. The number of nitro groups is 1. The molecule has 7 heteroatoms. The van der Waals surface area contributed by atoms with Crippen molar-refractivity contribution < 1.29 is 20.2 Å². The molecule has 2 unspecified atom stereocenters. The molecule has 1 aromatic rings. The molecule has 106 valence electrons. The van der Waals surface area contributed by atoms with Crippen molar-refractivity contribution in [2.75, 3.05) is 18.5 Å². The number of anilines is 1. The van der Waals surface area contributed by atoms with Crippen LogP contribution in [0, 0.1) is 17.0 Å². The maximum Gasteiger partial charge on any atom is 0.274 e. The van der Waals surface area contributed by atoms with Crippen molar-refractivity contribution in [1.82, 2.24) is 0 Å². The van der Waals surface area contributed by atoms with Gasteiger partial charge in [-0.2, -0.15) is 0 Å². The number of rotatable bonds is 7. The minimum Gasteiger partial charge on any atom is -0.394 e. The van der Waals surface area contributed by atoms with E-state index in [0.717, 1.165) is 0 Å². The first-order valence-electron chi connectivity index (χ1n) is 5.90. The van der Waals surface area contributed by atoms with Gasteiger partial charge < -0.3 is 20.6 Å². The SMILES string of the molecule is Cc1ccc(NCC(O)CC(O)CO)cc1[N+](=O)[O-]. The van der Waals surface area contributed by atoms with Crippen molar-refractivity contribution in [2.45, 2.75) is 25.6 Å². The van der Waals surface area contributed by atoms with Gasteiger partial charge in [-0.05, 0) is 13.0 Å². The zero-order valence-corrected chi connectivity index (χ0v) is 10.6. The summed E-state index contributed by atoms with van der Waals surface area (Å²) in [6.07, 6.45) is -1.77. The quantitative estimate of drug-likeness (QED) is 0.421. The van der Waals surface area contributed by atoms with Crippen LogP contribution >= 0.6 is 0 Å². The summed E-state index contributed by atoms with van der Waals surface area (Å²) < 4.78 is 0. The Bertz CT molecular complexity index is 438. The Kier molecular flexibility index (Phi) is 5.68. The van der Waals surface area contributed by atoms with E-state index in [0.29, 0.717) is 11.3 Å². The molecular weight excluding hydrogens is 252 g/mol. The van der Waals surface area contributed by atoms with E-state index < -0.39 is 23.7 Å². The standard InChI is InChI=1S/C12H18N2O5/c1-8-2-3-9(4-12(8)14(18)19)13-6-10(16)5-11(17)7-15/h2-4,10-11,13,15-17H,5-7H2,1H3. The number of hydrogen-bond acceptors (Lipinski definition) is 6. The van der Waals surface area contributed by atoms with Gasteiger partial charge in [-0.25, -0.2) is 0 Å². The summed E-state index contributed by atoms with van der Waals surface area (Å²) in [4.78, 5) is 10.3. The van der Waals surface area contributed by atoms with Crippen molar-refractivity contribution in [1.29, 1.82) is 0 Å².